The Balaban J connectivity index is 1.19. The zero-order chi connectivity index (χ0) is 35.8. The summed E-state index contributed by atoms with van der Waals surface area (Å²) in [6.07, 6.45) is 0. The van der Waals surface area contributed by atoms with E-state index < -0.39 is 5.41 Å². The van der Waals surface area contributed by atoms with Crippen molar-refractivity contribution >= 4 is 33.3 Å². The third-order valence-electron chi connectivity index (χ3n) is 11.6. The monoisotopic (exact) mass is 701 g/mol. The second-order valence-electron chi connectivity index (χ2n) is 14.3. The van der Waals surface area contributed by atoms with E-state index in [-0.39, 0.29) is 0 Å². The Hall–Kier alpha value is -6.66. The summed E-state index contributed by atoms with van der Waals surface area (Å²) in [5.74, 6) is 0. The van der Waals surface area contributed by atoms with Crippen molar-refractivity contribution in [1.82, 2.24) is 0 Å². The van der Waals surface area contributed by atoms with Gasteiger partial charge in [0.15, 0.2) is 0 Å². The Bertz CT molecular complexity index is 2920. The normalized spacial score (nSPS) is 13.2. The highest BCUT2D eigenvalue weighted by Gasteiger charge is 2.50. The summed E-state index contributed by atoms with van der Waals surface area (Å²) in [7, 11) is 0. The van der Waals surface area contributed by atoms with E-state index in [1.165, 1.54) is 98.1 Å². The van der Waals surface area contributed by atoms with Crippen molar-refractivity contribution in [2.75, 3.05) is 0 Å². The van der Waals surface area contributed by atoms with Crippen LogP contribution in [-0.2, 0) is 5.41 Å². The maximum absolute atomic E-state index is 10.2. The summed E-state index contributed by atoms with van der Waals surface area (Å²) in [6.45, 7) is 0. The lowest BCUT2D eigenvalue weighted by Gasteiger charge is -2.40. The molecule has 1 aliphatic carbocycles. The molecule has 11 rings (SSSR count). The highest BCUT2D eigenvalue weighted by atomic mass is 32.2. The van der Waals surface area contributed by atoms with Crippen LogP contribution in [0.3, 0.4) is 0 Å². The van der Waals surface area contributed by atoms with Crippen LogP contribution in [0.15, 0.2) is 198 Å². The first-order valence-corrected chi connectivity index (χ1v) is 19.2. The topological polar surface area (TPSA) is 23.8 Å². The van der Waals surface area contributed by atoms with Crippen molar-refractivity contribution < 1.29 is 0 Å². The summed E-state index contributed by atoms with van der Waals surface area (Å²) in [4.78, 5) is 2.44. The molecule has 2 aliphatic rings. The van der Waals surface area contributed by atoms with Gasteiger partial charge in [-0.25, -0.2) is 0 Å². The van der Waals surface area contributed by atoms with Crippen LogP contribution >= 0.6 is 11.8 Å². The van der Waals surface area contributed by atoms with Crippen molar-refractivity contribution in [3.8, 4) is 50.6 Å². The van der Waals surface area contributed by atoms with Crippen LogP contribution in [0, 0.1) is 11.3 Å². The largest absolute Gasteiger partial charge is 0.192 e. The van der Waals surface area contributed by atoms with Crippen LogP contribution in [0.2, 0.25) is 0 Å². The molecule has 0 fully saturated rings. The quantitative estimate of drug-likeness (QED) is 0.171. The molecule has 250 valence electrons. The molecular formula is C52H31NS. The first-order chi connectivity index (χ1) is 26.7. The molecular weight excluding hydrogens is 671 g/mol. The van der Waals surface area contributed by atoms with E-state index in [4.69, 9.17) is 0 Å². The van der Waals surface area contributed by atoms with Crippen LogP contribution in [0.1, 0.15) is 27.8 Å². The standard InChI is InChI=1S/C52H31NS/c53-32-33-22-28-48-46(30-33)52(44-20-10-8-14-38(44)39-15-9-11-21-45(39)52)47-31-37(27-29-49(47)54-48)51-42-18-6-4-16-40(42)50(41-17-5-7-19-43(41)51)36-25-23-35(24-26-36)34-12-2-1-3-13-34/h1-31H. The minimum absolute atomic E-state index is 0.571. The average molecular weight is 702 g/mol. The van der Waals surface area contributed by atoms with Gasteiger partial charge in [0.05, 0.1) is 17.0 Å². The second-order valence-corrected chi connectivity index (χ2v) is 15.3. The van der Waals surface area contributed by atoms with Gasteiger partial charge in [0.2, 0.25) is 0 Å². The van der Waals surface area contributed by atoms with Crippen molar-refractivity contribution in [3.63, 3.8) is 0 Å². The van der Waals surface area contributed by atoms with Crippen LogP contribution in [0.5, 0.6) is 0 Å². The first-order valence-electron chi connectivity index (χ1n) is 18.4. The Morgan fingerprint density at radius 1 is 0.370 bits per heavy atom. The minimum Gasteiger partial charge on any atom is -0.192 e. The lowest BCUT2D eigenvalue weighted by atomic mass is 9.66. The highest BCUT2D eigenvalue weighted by molar-refractivity contribution is 7.99. The van der Waals surface area contributed by atoms with Gasteiger partial charge in [-0.3, -0.25) is 0 Å². The first kappa shape index (κ1) is 30.9. The summed E-state index contributed by atoms with van der Waals surface area (Å²) < 4.78 is 0. The van der Waals surface area contributed by atoms with E-state index in [0.29, 0.717) is 5.56 Å². The van der Waals surface area contributed by atoms with Gasteiger partial charge in [0.25, 0.3) is 0 Å². The molecule has 9 aromatic carbocycles. The zero-order valence-corrected chi connectivity index (χ0v) is 30.1. The summed E-state index contributed by atoms with van der Waals surface area (Å²) in [6, 6.07) is 71.0. The molecule has 0 atom stereocenters. The fourth-order valence-corrected chi connectivity index (χ4v) is 10.5. The molecule has 0 saturated heterocycles. The predicted molar refractivity (Wildman–Crippen MR) is 224 cm³/mol. The fraction of sp³-hybridized carbons (Fsp3) is 0.0192. The van der Waals surface area contributed by atoms with Gasteiger partial charge in [-0.1, -0.05) is 169 Å². The lowest BCUT2D eigenvalue weighted by Crippen LogP contribution is -2.32. The number of nitriles is 1. The second kappa shape index (κ2) is 11.9. The highest BCUT2D eigenvalue weighted by Crippen LogP contribution is 2.62. The van der Waals surface area contributed by atoms with Gasteiger partial charge < -0.3 is 0 Å². The van der Waals surface area contributed by atoms with Crippen molar-refractivity contribution in [1.29, 1.82) is 5.26 Å². The molecule has 1 spiro atoms. The van der Waals surface area contributed by atoms with Crippen LogP contribution in [0.25, 0.3) is 66.1 Å². The molecule has 1 heterocycles. The Kier molecular flexibility index (Phi) is 6.83. The number of nitrogens with zero attached hydrogens (tertiary/aromatic N) is 1. The average Bonchev–Trinajstić information content (AvgIpc) is 3.54. The van der Waals surface area contributed by atoms with Crippen LogP contribution in [0.4, 0.5) is 0 Å². The number of benzene rings is 9. The summed E-state index contributed by atoms with van der Waals surface area (Å²) in [5.41, 5.74) is 14.9. The number of fused-ring (bicyclic) bond motifs is 11. The van der Waals surface area contributed by atoms with Crippen LogP contribution in [-0.4, -0.2) is 0 Å². The van der Waals surface area contributed by atoms with Crippen molar-refractivity contribution in [2.24, 2.45) is 0 Å². The van der Waals surface area contributed by atoms with Crippen LogP contribution < -0.4 is 0 Å². The molecule has 0 unspecified atom stereocenters. The molecule has 0 radical (unpaired) electrons. The minimum atomic E-state index is -0.571. The summed E-state index contributed by atoms with van der Waals surface area (Å²) in [5, 5.41) is 15.1. The molecule has 0 N–H and O–H groups in total. The Labute approximate surface area is 318 Å². The molecule has 0 amide bonds. The van der Waals surface area contributed by atoms with E-state index in [9.17, 15) is 5.26 Å². The SMILES string of the molecule is N#Cc1ccc2c(c1)C1(c3cc(-c4c5ccccc5c(-c5ccc(-c6ccccc6)cc5)c5ccccc45)ccc3S2)c2ccccc2-c2ccccc21. The third kappa shape index (κ3) is 4.34. The van der Waals surface area contributed by atoms with E-state index in [1.807, 2.05) is 17.8 Å². The molecule has 2 heteroatoms. The molecule has 0 aromatic heterocycles. The smallest absolute Gasteiger partial charge is 0.0991 e. The van der Waals surface area contributed by atoms with Crippen molar-refractivity contribution in [3.05, 3.63) is 216 Å². The van der Waals surface area contributed by atoms with Gasteiger partial charge in [-0.2, -0.15) is 5.26 Å². The van der Waals surface area contributed by atoms with E-state index >= 15 is 0 Å². The van der Waals surface area contributed by atoms with E-state index in [1.54, 1.807) is 0 Å². The molecule has 9 aromatic rings. The molecule has 0 saturated carbocycles. The predicted octanol–water partition coefficient (Wildman–Crippen LogP) is 13.7. The van der Waals surface area contributed by atoms with Gasteiger partial charge in [0.1, 0.15) is 0 Å². The van der Waals surface area contributed by atoms with Gasteiger partial charge in [-0.15, -0.1) is 0 Å². The van der Waals surface area contributed by atoms with Gasteiger partial charge in [-0.05, 0) is 119 Å². The number of hydrogen-bond acceptors (Lipinski definition) is 2. The number of rotatable bonds is 3. The molecule has 0 bridgehead atoms. The maximum Gasteiger partial charge on any atom is 0.0991 e. The van der Waals surface area contributed by atoms with E-state index in [0.717, 1.165) is 0 Å². The molecule has 54 heavy (non-hydrogen) atoms. The molecule has 1 aliphatic heterocycles. The van der Waals surface area contributed by atoms with Gasteiger partial charge >= 0.3 is 0 Å². The van der Waals surface area contributed by atoms with Gasteiger partial charge in [0, 0.05) is 9.79 Å². The summed E-state index contributed by atoms with van der Waals surface area (Å²) >= 11 is 1.81. The molecule has 1 nitrogen and oxygen atoms in total. The maximum atomic E-state index is 10.2. The fourth-order valence-electron chi connectivity index (χ4n) is 9.34. The Morgan fingerprint density at radius 3 is 1.41 bits per heavy atom. The zero-order valence-electron chi connectivity index (χ0n) is 29.3. The lowest BCUT2D eigenvalue weighted by molar-refractivity contribution is 0.722. The third-order valence-corrected chi connectivity index (χ3v) is 12.7. The van der Waals surface area contributed by atoms with Crippen molar-refractivity contribution in [2.45, 2.75) is 15.2 Å². The number of hydrogen-bond donors (Lipinski definition) is 0. The van der Waals surface area contributed by atoms with E-state index in [2.05, 4.69) is 188 Å². The Morgan fingerprint density at radius 2 is 0.815 bits per heavy atom.